The van der Waals surface area contributed by atoms with Crippen LogP contribution in [0.4, 0.5) is 5.69 Å². The van der Waals surface area contributed by atoms with Crippen LogP contribution in [0.15, 0.2) is 22.4 Å². The highest BCUT2D eigenvalue weighted by molar-refractivity contribution is 6.57. The Morgan fingerprint density at radius 2 is 1.74 bits per heavy atom. The van der Waals surface area contributed by atoms with Crippen LogP contribution in [0.3, 0.4) is 0 Å². The summed E-state index contributed by atoms with van der Waals surface area (Å²) in [6, 6.07) is 2.86. The minimum absolute atomic E-state index is 0.110. The number of hydrogen-bond donors (Lipinski definition) is 0. The van der Waals surface area contributed by atoms with Crippen molar-refractivity contribution in [2.45, 2.75) is 37.1 Å². The number of halogens is 5. The lowest BCUT2D eigenvalue weighted by molar-refractivity contribution is -0.144. The van der Waals surface area contributed by atoms with E-state index in [1.165, 1.54) is 12.1 Å². The molecule has 0 aromatic heterocycles. The summed E-state index contributed by atoms with van der Waals surface area (Å²) in [6.45, 7) is 2.31. The van der Waals surface area contributed by atoms with Gasteiger partial charge in [0.25, 0.3) is 0 Å². The van der Waals surface area contributed by atoms with Crippen molar-refractivity contribution >= 4 is 69.7 Å². The van der Waals surface area contributed by atoms with E-state index >= 15 is 0 Å². The molecule has 0 aliphatic heterocycles. The van der Waals surface area contributed by atoms with E-state index in [4.69, 9.17) is 62.7 Å². The van der Waals surface area contributed by atoms with Crippen molar-refractivity contribution < 1.29 is 9.53 Å². The van der Waals surface area contributed by atoms with Crippen LogP contribution in [0.5, 0.6) is 0 Å². The largest absolute Gasteiger partial charge is 0.462 e. The molecule has 23 heavy (non-hydrogen) atoms. The van der Waals surface area contributed by atoms with E-state index < -0.39 is 10.4 Å². The van der Waals surface area contributed by atoms with Crippen LogP contribution in [0.25, 0.3) is 0 Å². The molecule has 0 radical (unpaired) electrons. The molecule has 0 heterocycles. The molecular weight excluding hydrogens is 405 g/mol. The van der Waals surface area contributed by atoms with Crippen LogP contribution < -0.4 is 0 Å². The highest BCUT2D eigenvalue weighted by Gasteiger charge is 2.36. The standard InChI is InChI=1S/C14H15Cl5N2O2/c1-2-3-4-5-6-23-13(22)14(18,19)21-20-12-10(16)7-9(15)8-11(12)17/h7-8H,2-6H2,1H3/b21-20+. The van der Waals surface area contributed by atoms with E-state index in [9.17, 15) is 4.79 Å². The number of rotatable bonds is 8. The van der Waals surface area contributed by atoms with Crippen LogP contribution >= 0.6 is 58.0 Å². The molecule has 0 spiro atoms. The molecule has 0 saturated heterocycles. The number of carbonyl (C=O) groups excluding carboxylic acids is 1. The second kappa shape index (κ2) is 9.90. The topological polar surface area (TPSA) is 51.0 Å². The number of alkyl halides is 2. The molecule has 0 aliphatic carbocycles. The van der Waals surface area contributed by atoms with Crippen molar-refractivity contribution in [3.8, 4) is 0 Å². The number of unbranched alkanes of at least 4 members (excludes halogenated alkanes) is 3. The first-order valence-electron chi connectivity index (χ1n) is 6.90. The van der Waals surface area contributed by atoms with Crippen molar-refractivity contribution in [3.63, 3.8) is 0 Å². The Bertz CT molecular complexity index is 555. The summed E-state index contributed by atoms with van der Waals surface area (Å²) in [5.41, 5.74) is 0.110. The second-order valence-electron chi connectivity index (χ2n) is 4.66. The van der Waals surface area contributed by atoms with Gasteiger partial charge in [0, 0.05) is 5.02 Å². The first-order valence-corrected chi connectivity index (χ1v) is 8.79. The van der Waals surface area contributed by atoms with Crippen molar-refractivity contribution in [1.82, 2.24) is 0 Å². The van der Waals surface area contributed by atoms with Gasteiger partial charge in [-0.25, -0.2) is 4.79 Å². The lowest BCUT2D eigenvalue weighted by atomic mass is 10.2. The molecule has 0 atom stereocenters. The van der Waals surface area contributed by atoms with Crippen molar-refractivity contribution in [2.75, 3.05) is 6.61 Å². The predicted octanol–water partition coefficient (Wildman–Crippen LogP) is 6.99. The van der Waals surface area contributed by atoms with Gasteiger partial charge in [0.15, 0.2) is 0 Å². The first-order chi connectivity index (χ1) is 10.8. The van der Waals surface area contributed by atoms with Gasteiger partial charge in [0.05, 0.1) is 16.7 Å². The molecular formula is C14H15Cl5N2O2. The molecule has 128 valence electrons. The molecule has 0 aliphatic rings. The number of nitrogens with zero attached hydrogens (tertiary/aromatic N) is 2. The maximum Gasteiger partial charge on any atom is 0.367 e. The van der Waals surface area contributed by atoms with Gasteiger partial charge in [-0.3, -0.25) is 0 Å². The molecule has 0 N–H and O–H groups in total. The third kappa shape index (κ3) is 7.02. The van der Waals surface area contributed by atoms with Crippen LogP contribution in [-0.2, 0) is 9.53 Å². The predicted molar refractivity (Wildman–Crippen MR) is 95.5 cm³/mol. The SMILES string of the molecule is CCCCCCOC(=O)C(Cl)(Cl)/N=N/c1c(Cl)cc(Cl)cc1Cl. The molecule has 0 amide bonds. The fraction of sp³-hybridized carbons (Fsp3) is 0.500. The smallest absolute Gasteiger partial charge is 0.367 e. The summed E-state index contributed by atoms with van der Waals surface area (Å²) in [5.74, 6) is -0.901. The van der Waals surface area contributed by atoms with E-state index in [1.807, 2.05) is 0 Å². The third-order valence-corrected chi connectivity index (χ3v) is 3.99. The summed E-state index contributed by atoms with van der Waals surface area (Å²) in [7, 11) is 0. The summed E-state index contributed by atoms with van der Waals surface area (Å²) in [6.07, 6.45) is 3.84. The fourth-order valence-corrected chi connectivity index (χ4v) is 2.64. The Balaban J connectivity index is 2.68. The van der Waals surface area contributed by atoms with E-state index in [0.717, 1.165) is 25.7 Å². The molecule has 1 aromatic rings. The van der Waals surface area contributed by atoms with E-state index in [2.05, 4.69) is 17.2 Å². The first kappa shape index (κ1) is 20.8. The number of azo groups is 1. The number of benzene rings is 1. The monoisotopic (exact) mass is 418 g/mol. The van der Waals surface area contributed by atoms with Gasteiger partial charge < -0.3 is 4.74 Å². The highest BCUT2D eigenvalue weighted by Crippen LogP contribution is 2.37. The summed E-state index contributed by atoms with van der Waals surface area (Å²) < 4.78 is 2.81. The molecule has 4 nitrogen and oxygen atoms in total. The zero-order chi connectivity index (χ0) is 17.5. The van der Waals surface area contributed by atoms with E-state index in [1.54, 1.807) is 0 Å². The van der Waals surface area contributed by atoms with Gasteiger partial charge in [-0.05, 0) is 18.6 Å². The Morgan fingerprint density at radius 3 is 2.30 bits per heavy atom. The zero-order valence-corrected chi connectivity index (χ0v) is 16.1. The maximum atomic E-state index is 11.8. The molecule has 0 unspecified atom stereocenters. The van der Waals surface area contributed by atoms with E-state index in [-0.39, 0.29) is 22.3 Å². The van der Waals surface area contributed by atoms with Crippen molar-refractivity contribution in [3.05, 3.63) is 27.2 Å². The number of ether oxygens (including phenoxy) is 1. The molecule has 9 heteroatoms. The Labute approximate surface area is 160 Å². The van der Waals surface area contributed by atoms with Crippen molar-refractivity contribution in [2.24, 2.45) is 10.2 Å². The second-order valence-corrected chi connectivity index (χ2v) is 7.19. The quantitative estimate of drug-likeness (QED) is 0.150. The lowest BCUT2D eigenvalue weighted by Crippen LogP contribution is -2.26. The minimum atomic E-state index is -2.17. The summed E-state index contributed by atoms with van der Waals surface area (Å²) >= 11 is 29.4. The van der Waals surface area contributed by atoms with Crippen LogP contribution in [-0.4, -0.2) is 17.0 Å². The van der Waals surface area contributed by atoms with Gasteiger partial charge in [-0.1, -0.05) is 84.2 Å². The van der Waals surface area contributed by atoms with Gasteiger partial charge in [0.2, 0.25) is 0 Å². The van der Waals surface area contributed by atoms with Crippen molar-refractivity contribution in [1.29, 1.82) is 0 Å². The number of esters is 1. The highest BCUT2D eigenvalue weighted by atomic mass is 35.5. The normalized spacial score (nSPS) is 11.9. The van der Waals surface area contributed by atoms with Gasteiger partial charge in [-0.15, -0.1) is 10.2 Å². The summed E-state index contributed by atoms with van der Waals surface area (Å²) in [5, 5.41) is 7.95. The van der Waals surface area contributed by atoms with Gasteiger partial charge in [-0.2, -0.15) is 0 Å². The van der Waals surface area contributed by atoms with Gasteiger partial charge >= 0.3 is 10.4 Å². The molecule has 0 fully saturated rings. The average Bonchev–Trinajstić information content (AvgIpc) is 2.45. The van der Waals surface area contributed by atoms with Gasteiger partial charge in [0.1, 0.15) is 5.69 Å². The average molecular weight is 421 g/mol. The lowest BCUT2D eigenvalue weighted by Gasteiger charge is -2.12. The Kier molecular flexibility index (Phi) is 8.94. The van der Waals surface area contributed by atoms with Crippen LogP contribution in [0.2, 0.25) is 15.1 Å². The van der Waals surface area contributed by atoms with Crippen LogP contribution in [0.1, 0.15) is 32.6 Å². The zero-order valence-electron chi connectivity index (χ0n) is 12.3. The molecule has 0 saturated carbocycles. The molecule has 1 rings (SSSR count). The minimum Gasteiger partial charge on any atom is -0.462 e. The third-order valence-electron chi connectivity index (χ3n) is 2.73. The summed E-state index contributed by atoms with van der Waals surface area (Å²) in [4.78, 5) is 11.8. The molecule has 0 bridgehead atoms. The Morgan fingerprint density at radius 1 is 1.13 bits per heavy atom. The maximum absolute atomic E-state index is 11.8. The van der Waals surface area contributed by atoms with Crippen LogP contribution in [0, 0.1) is 0 Å². The molecule has 1 aromatic carbocycles. The number of hydrogen-bond acceptors (Lipinski definition) is 4. The number of carbonyl (C=O) groups is 1. The Hall–Kier alpha value is -0.260. The fourth-order valence-electron chi connectivity index (χ4n) is 1.56. The van der Waals surface area contributed by atoms with E-state index in [0.29, 0.717) is 5.02 Å².